The van der Waals surface area contributed by atoms with Gasteiger partial charge in [0.25, 0.3) is 25.6 Å². The monoisotopic (exact) mass is 520 g/mol. The number of fused-ring (bicyclic) bond motifs is 1. The van der Waals surface area contributed by atoms with E-state index in [1.165, 1.54) is 49.6 Å². The Bertz CT molecular complexity index is 1650. The van der Waals surface area contributed by atoms with Crippen LogP contribution in [0.5, 0.6) is 5.75 Å². The summed E-state index contributed by atoms with van der Waals surface area (Å²) in [6, 6.07) is 15.5. The van der Waals surface area contributed by atoms with Crippen LogP contribution >= 0.6 is 11.6 Å². The fraction of sp³-hybridized carbons (Fsp3) is 0.0476. The van der Waals surface area contributed by atoms with E-state index in [0.29, 0.717) is 15.4 Å². The summed E-state index contributed by atoms with van der Waals surface area (Å²) in [5, 5.41) is 0.239. The molecule has 3 aromatic carbocycles. The third-order valence-corrected chi connectivity index (χ3v) is 7.68. The zero-order chi connectivity index (χ0) is 24.5. The number of anilines is 1. The second-order valence-electron chi connectivity index (χ2n) is 6.95. The zero-order valence-corrected chi connectivity index (χ0v) is 19.9. The minimum absolute atomic E-state index is 0.107. The number of ether oxygens (including phenoxy) is 1. The van der Waals surface area contributed by atoms with Crippen LogP contribution in [-0.4, -0.2) is 33.6 Å². The van der Waals surface area contributed by atoms with Crippen molar-refractivity contribution in [2.45, 2.75) is 9.79 Å². The second-order valence-corrected chi connectivity index (χ2v) is 10.7. The van der Waals surface area contributed by atoms with E-state index in [0.717, 1.165) is 12.4 Å². The Labute approximate surface area is 199 Å². The van der Waals surface area contributed by atoms with E-state index < -0.39 is 25.6 Å². The van der Waals surface area contributed by atoms with Gasteiger partial charge in [0.2, 0.25) is 0 Å². The Kier molecular flexibility index (Phi) is 6.21. The van der Waals surface area contributed by atoms with E-state index in [1.54, 1.807) is 18.2 Å². The number of benzene rings is 3. The quantitative estimate of drug-likeness (QED) is 0.382. The van der Waals surface area contributed by atoms with Gasteiger partial charge < -0.3 is 4.74 Å². The summed E-state index contributed by atoms with van der Waals surface area (Å²) in [5.41, 5.74) is -0.413. The normalized spacial score (nSPS) is 11.8. The minimum Gasteiger partial charge on any atom is -0.495 e. The summed E-state index contributed by atoms with van der Waals surface area (Å²) in [6.45, 7) is 0. The van der Waals surface area contributed by atoms with E-state index in [4.69, 9.17) is 16.3 Å². The molecule has 0 atom stereocenters. The largest absolute Gasteiger partial charge is 0.495 e. The van der Waals surface area contributed by atoms with Crippen LogP contribution in [0.2, 0.25) is 5.02 Å². The highest BCUT2D eigenvalue weighted by atomic mass is 35.5. The highest BCUT2D eigenvalue weighted by Crippen LogP contribution is 2.26. The van der Waals surface area contributed by atoms with Gasteiger partial charge in [0.1, 0.15) is 12.1 Å². The van der Waals surface area contributed by atoms with Crippen molar-refractivity contribution in [1.82, 2.24) is 9.66 Å². The van der Waals surface area contributed by atoms with Crippen molar-refractivity contribution >= 4 is 48.2 Å². The molecule has 13 heteroatoms. The lowest BCUT2D eigenvalue weighted by Gasteiger charge is -2.13. The molecule has 0 aliphatic rings. The first kappa shape index (κ1) is 23.5. The molecule has 10 nitrogen and oxygen atoms in total. The summed E-state index contributed by atoms with van der Waals surface area (Å²) in [6.07, 6.45) is 0.999. The van der Waals surface area contributed by atoms with Gasteiger partial charge in [-0.25, -0.2) is 18.2 Å². The summed E-state index contributed by atoms with van der Waals surface area (Å²) >= 11 is 5.79. The van der Waals surface area contributed by atoms with Crippen molar-refractivity contribution in [3.63, 3.8) is 0 Å². The van der Waals surface area contributed by atoms with Gasteiger partial charge in [-0.15, -0.1) is 0 Å². The van der Waals surface area contributed by atoms with Crippen molar-refractivity contribution in [2.75, 3.05) is 16.7 Å². The number of nitrogens with one attached hydrogen (secondary N) is 2. The summed E-state index contributed by atoms with van der Waals surface area (Å²) in [7, 11) is -6.84. The third-order valence-electron chi connectivity index (χ3n) is 4.73. The SMILES string of the molecule is COc1ccccc1NS(=O)(=O)c1ccc2ncn(NS(=O)(=O)c3ccc(Cl)cc3)c(=O)c2c1. The van der Waals surface area contributed by atoms with Crippen molar-refractivity contribution in [1.29, 1.82) is 0 Å². The maximum absolute atomic E-state index is 13.0. The predicted octanol–water partition coefficient (Wildman–Crippen LogP) is 2.79. The number of nitrogens with zero attached hydrogens (tertiary/aromatic N) is 2. The predicted molar refractivity (Wildman–Crippen MR) is 128 cm³/mol. The molecule has 0 bridgehead atoms. The molecule has 1 aromatic heterocycles. The fourth-order valence-corrected chi connectivity index (χ4v) is 5.27. The first-order valence-electron chi connectivity index (χ1n) is 9.56. The summed E-state index contributed by atoms with van der Waals surface area (Å²) in [4.78, 5) is 18.8. The number of hydrogen-bond acceptors (Lipinski definition) is 7. The smallest absolute Gasteiger partial charge is 0.280 e. The van der Waals surface area contributed by atoms with Crippen molar-refractivity contribution < 1.29 is 21.6 Å². The van der Waals surface area contributed by atoms with Gasteiger partial charge in [-0.05, 0) is 54.6 Å². The van der Waals surface area contributed by atoms with E-state index in [9.17, 15) is 21.6 Å². The van der Waals surface area contributed by atoms with Crippen LogP contribution in [0.4, 0.5) is 5.69 Å². The van der Waals surface area contributed by atoms with Crippen LogP contribution in [0, 0.1) is 0 Å². The molecule has 4 rings (SSSR count). The summed E-state index contributed by atoms with van der Waals surface area (Å²) < 4.78 is 59.4. The van der Waals surface area contributed by atoms with Gasteiger partial charge in [-0.3, -0.25) is 9.52 Å². The number of halogens is 1. The number of methoxy groups -OCH3 is 1. The highest BCUT2D eigenvalue weighted by Gasteiger charge is 2.20. The average Bonchev–Trinajstić information content (AvgIpc) is 2.81. The van der Waals surface area contributed by atoms with Crippen LogP contribution in [0.25, 0.3) is 10.9 Å². The molecule has 0 radical (unpaired) electrons. The van der Waals surface area contributed by atoms with Crippen molar-refractivity contribution in [3.8, 4) is 5.75 Å². The first-order chi connectivity index (χ1) is 16.1. The van der Waals surface area contributed by atoms with Crippen LogP contribution in [0.1, 0.15) is 0 Å². The average molecular weight is 521 g/mol. The third kappa shape index (κ3) is 4.69. The molecule has 0 unspecified atom stereocenters. The standard InChI is InChI=1S/C21H17ClN4O6S2/c1-32-20-5-3-2-4-19(20)24-33(28,29)16-10-11-18-17(12-16)21(27)26(13-23-18)25-34(30,31)15-8-6-14(22)7-9-15/h2-13,24-25H,1H3. The Morgan fingerprint density at radius 1 is 0.912 bits per heavy atom. The van der Waals surface area contributed by atoms with Crippen molar-refractivity contribution in [2.24, 2.45) is 0 Å². The molecular formula is C21H17ClN4O6S2. The number of aromatic nitrogens is 2. The van der Waals surface area contributed by atoms with Gasteiger partial charge in [0, 0.05) is 5.02 Å². The molecule has 0 amide bonds. The Morgan fingerprint density at radius 3 is 2.29 bits per heavy atom. The summed E-state index contributed by atoms with van der Waals surface area (Å²) in [5.74, 6) is 0.312. The zero-order valence-electron chi connectivity index (χ0n) is 17.5. The molecule has 4 aromatic rings. The lowest BCUT2D eigenvalue weighted by molar-refractivity contribution is 0.417. The molecule has 2 N–H and O–H groups in total. The second kappa shape index (κ2) is 8.97. The van der Waals surface area contributed by atoms with Gasteiger partial charge in [-0.2, -0.15) is 13.1 Å². The molecular weight excluding hydrogens is 504 g/mol. The van der Waals surface area contributed by atoms with Gasteiger partial charge in [0.05, 0.1) is 33.5 Å². The van der Waals surface area contributed by atoms with E-state index in [1.807, 2.05) is 0 Å². The van der Waals surface area contributed by atoms with E-state index in [2.05, 4.69) is 14.5 Å². The maximum atomic E-state index is 13.0. The highest BCUT2D eigenvalue weighted by molar-refractivity contribution is 7.93. The maximum Gasteiger partial charge on any atom is 0.280 e. The number of hydrogen-bond donors (Lipinski definition) is 2. The Morgan fingerprint density at radius 2 is 1.59 bits per heavy atom. The number of rotatable bonds is 7. The molecule has 0 aliphatic carbocycles. The fourth-order valence-electron chi connectivity index (χ4n) is 3.06. The molecule has 0 saturated carbocycles. The van der Waals surface area contributed by atoms with E-state index in [-0.39, 0.29) is 26.4 Å². The minimum atomic E-state index is -4.14. The van der Waals surface area contributed by atoms with Gasteiger partial charge >= 0.3 is 0 Å². The molecule has 176 valence electrons. The molecule has 0 aliphatic heterocycles. The number of para-hydroxylation sites is 2. The molecule has 34 heavy (non-hydrogen) atoms. The molecule has 0 fully saturated rings. The Hall–Kier alpha value is -3.61. The van der Waals surface area contributed by atoms with E-state index >= 15 is 0 Å². The topological polar surface area (TPSA) is 136 Å². The lowest BCUT2D eigenvalue weighted by Crippen LogP contribution is -2.33. The van der Waals surface area contributed by atoms with Crippen molar-refractivity contribution in [3.05, 3.63) is 88.4 Å². The van der Waals surface area contributed by atoms with Crippen LogP contribution in [-0.2, 0) is 20.0 Å². The number of sulfonamides is 2. The van der Waals surface area contributed by atoms with Crippen LogP contribution < -0.4 is 19.8 Å². The lowest BCUT2D eigenvalue weighted by atomic mass is 10.2. The van der Waals surface area contributed by atoms with Crippen LogP contribution in [0.15, 0.2) is 87.6 Å². The van der Waals surface area contributed by atoms with Gasteiger partial charge in [-0.1, -0.05) is 23.7 Å². The van der Waals surface area contributed by atoms with Crippen LogP contribution in [0.3, 0.4) is 0 Å². The first-order valence-corrected chi connectivity index (χ1v) is 12.9. The molecule has 0 saturated heterocycles. The van der Waals surface area contributed by atoms with Gasteiger partial charge in [0.15, 0.2) is 0 Å². The Balaban J connectivity index is 1.72. The molecule has 0 spiro atoms. The molecule has 1 heterocycles.